The van der Waals surface area contributed by atoms with E-state index >= 15 is 0 Å². The summed E-state index contributed by atoms with van der Waals surface area (Å²) in [6, 6.07) is 9.25. The van der Waals surface area contributed by atoms with E-state index in [9.17, 15) is 5.11 Å². The van der Waals surface area contributed by atoms with Crippen LogP contribution < -0.4 is 0 Å². The van der Waals surface area contributed by atoms with Crippen LogP contribution in [-0.2, 0) is 4.74 Å². The number of hydrogen-bond acceptors (Lipinski definition) is 3. The maximum Gasteiger partial charge on any atom is 0.0762 e. The molecule has 4 saturated carbocycles. The third-order valence-electron chi connectivity index (χ3n) is 12.1. The molecule has 0 spiro atoms. The van der Waals surface area contributed by atoms with Gasteiger partial charge in [-0.05, 0) is 119 Å². The van der Waals surface area contributed by atoms with Crippen LogP contribution in [0.15, 0.2) is 24.3 Å². The molecule has 1 aliphatic heterocycles. The normalized spacial score (nSPS) is 43.5. The van der Waals surface area contributed by atoms with Gasteiger partial charge in [0.25, 0.3) is 0 Å². The SMILES string of the molecule is Cc1ccc([C@H]2CC[C@]3(O)[C@@H]4CC[C@@H]5CCCC[C@]5(C)[C@H]4CC[C@]23COCCN2CCCC2)cc1. The Kier molecular flexibility index (Phi) is 6.59. The molecule has 1 aromatic carbocycles. The van der Waals surface area contributed by atoms with Crippen LogP contribution in [0, 0.1) is 35.5 Å². The number of rotatable bonds is 6. The molecule has 1 N–H and O–H groups in total. The maximum absolute atomic E-state index is 12.9. The van der Waals surface area contributed by atoms with E-state index in [1.54, 1.807) is 0 Å². The van der Waals surface area contributed by atoms with Crippen molar-refractivity contribution < 1.29 is 9.84 Å². The lowest BCUT2D eigenvalue weighted by atomic mass is 9.43. The van der Waals surface area contributed by atoms with Crippen molar-refractivity contribution in [3.05, 3.63) is 35.4 Å². The van der Waals surface area contributed by atoms with Gasteiger partial charge in [-0.2, -0.15) is 0 Å². The number of hydrogen-bond donors (Lipinski definition) is 1. The summed E-state index contributed by atoms with van der Waals surface area (Å²) in [6.45, 7) is 9.85. The fraction of sp³-hybridized carbons (Fsp3) is 0.812. The van der Waals surface area contributed by atoms with Crippen molar-refractivity contribution >= 4 is 0 Å². The Hall–Kier alpha value is -0.900. The third kappa shape index (κ3) is 3.94. The van der Waals surface area contributed by atoms with Crippen LogP contribution >= 0.6 is 0 Å². The minimum absolute atomic E-state index is 0.133. The first kappa shape index (κ1) is 24.4. The summed E-state index contributed by atoms with van der Waals surface area (Å²) in [7, 11) is 0. The lowest BCUT2D eigenvalue weighted by molar-refractivity contribution is -0.220. The maximum atomic E-state index is 12.9. The second-order valence-corrected chi connectivity index (χ2v) is 13.5. The molecule has 0 aromatic heterocycles. The molecular formula is C32H49NO2. The number of fused-ring (bicyclic) bond motifs is 5. The summed E-state index contributed by atoms with van der Waals surface area (Å²) >= 11 is 0. The van der Waals surface area contributed by atoms with E-state index < -0.39 is 5.60 Å². The standard InChI is InChI=1S/C32H49NO2/c1-24-8-10-25(11-9-24)27-15-18-32(34)29-13-12-26-7-3-4-16-30(26,2)28(29)14-17-31(27,32)23-35-22-21-33-19-5-6-20-33/h8-11,26-29,34H,3-7,12-23H2,1-2H3/t26-,27+,28-,29+,30-,31-,32-/m0/s1. The van der Waals surface area contributed by atoms with Gasteiger partial charge in [0, 0.05) is 12.0 Å². The number of benzene rings is 1. The van der Waals surface area contributed by atoms with E-state index in [4.69, 9.17) is 4.74 Å². The Morgan fingerprint density at radius 3 is 2.49 bits per heavy atom. The van der Waals surface area contributed by atoms with Gasteiger partial charge in [-0.25, -0.2) is 0 Å². The molecule has 0 radical (unpaired) electrons. The Morgan fingerprint density at radius 2 is 1.69 bits per heavy atom. The first-order valence-corrected chi connectivity index (χ1v) is 15.1. The van der Waals surface area contributed by atoms with Crippen molar-refractivity contribution in [2.75, 3.05) is 32.8 Å². The van der Waals surface area contributed by atoms with Crippen molar-refractivity contribution in [2.45, 2.75) is 102 Å². The molecule has 1 saturated heterocycles. The molecule has 1 heterocycles. The zero-order chi connectivity index (χ0) is 24.1. The Bertz CT molecular complexity index is 878. The molecule has 5 fully saturated rings. The predicted octanol–water partition coefficient (Wildman–Crippen LogP) is 6.72. The lowest BCUT2D eigenvalue weighted by Gasteiger charge is -2.64. The number of nitrogens with zero attached hydrogens (tertiary/aromatic N) is 1. The second-order valence-electron chi connectivity index (χ2n) is 13.5. The zero-order valence-electron chi connectivity index (χ0n) is 22.4. The predicted molar refractivity (Wildman–Crippen MR) is 143 cm³/mol. The van der Waals surface area contributed by atoms with Gasteiger partial charge in [0.05, 0.1) is 18.8 Å². The first-order chi connectivity index (χ1) is 17.0. The van der Waals surface area contributed by atoms with Crippen LogP contribution in [0.3, 0.4) is 0 Å². The molecule has 35 heavy (non-hydrogen) atoms. The smallest absolute Gasteiger partial charge is 0.0762 e. The van der Waals surface area contributed by atoms with Gasteiger partial charge in [0.1, 0.15) is 0 Å². The van der Waals surface area contributed by atoms with E-state index in [1.165, 1.54) is 82.0 Å². The summed E-state index contributed by atoms with van der Waals surface area (Å²) in [5.41, 5.74) is 2.49. The van der Waals surface area contributed by atoms with Gasteiger partial charge in [-0.3, -0.25) is 0 Å². The molecule has 0 bridgehead atoms. The van der Waals surface area contributed by atoms with Crippen molar-refractivity contribution in [2.24, 2.45) is 28.6 Å². The fourth-order valence-corrected chi connectivity index (χ4v) is 10.1. The minimum Gasteiger partial charge on any atom is -0.389 e. The van der Waals surface area contributed by atoms with Crippen molar-refractivity contribution in [3.8, 4) is 0 Å². The molecule has 1 aromatic rings. The van der Waals surface area contributed by atoms with Crippen LogP contribution in [0.2, 0.25) is 0 Å². The van der Waals surface area contributed by atoms with Gasteiger partial charge in [0.2, 0.25) is 0 Å². The third-order valence-corrected chi connectivity index (χ3v) is 12.1. The molecule has 5 aliphatic rings. The zero-order valence-corrected chi connectivity index (χ0v) is 22.4. The van der Waals surface area contributed by atoms with Crippen LogP contribution in [0.25, 0.3) is 0 Å². The molecule has 6 rings (SSSR count). The van der Waals surface area contributed by atoms with E-state index in [-0.39, 0.29) is 5.41 Å². The molecule has 0 unspecified atom stereocenters. The number of ether oxygens (including phenoxy) is 1. The molecule has 0 amide bonds. The summed E-state index contributed by atoms with van der Waals surface area (Å²) in [6.07, 6.45) is 15.4. The highest BCUT2D eigenvalue weighted by Gasteiger charge is 2.68. The minimum atomic E-state index is -0.579. The average molecular weight is 480 g/mol. The molecule has 4 aliphatic carbocycles. The summed E-state index contributed by atoms with van der Waals surface area (Å²) in [4.78, 5) is 2.55. The highest BCUT2D eigenvalue weighted by Crippen LogP contribution is 2.70. The number of aryl methyl sites for hydroxylation is 1. The van der Waals surface area contributed by atoms with Gasteiger partial charge >= 0.3 is 0 Å². The van der Waals surface area contributed by atoms with Crippen molar-refractivity contribution in [3.63, 3.8) is 0 Å². The Balaban J connectivity index is 1.29. The van der Waals surface area contributed by atoms with Gasteiger partial charge in [0.15, 0.2) is 0 Å². The monoisotopic (exact) mass is 479 g/mol. The van der Waals surface area contributed by atoms with E-state index in [2.05, 4.69) is 43.0 Å². The molecule has 7 atom stereocenters. The summed E-state index contributed by atoms with van der Waals surface area (Å²) < 4.78 is 6.59. The van der Waals surface area contributed by atoms with Crippen LogP contribution in [0.4, 0.5) is 0 Å². The molecule has 3 nitrogen and oxygen atoms in total. The lowest BCUT2D eigenvalue weighted by Crippen LogP contribution is -2.63. The van der Waals surface area contributed by atoms with Crippen molar-refractivity contribution in [1.82, 2.24) is 4.90 Å². The first-order valence-electron chi connectivity index (χ1n) is 15.1. The molecule has 3 heteroatoms. The number of likely N-dealkylation sites (tertiary alicyclic amines) is 1. The molecular weight excluding hydrogens is 430 g/mol. The van der Waals surface area contributed by atoms with Gasteiger partial charge < -0.3 is 14.7 Å². The van der Waals surface area contributed by atoms with Gasteiger partial charge in [-0.15, -0.1) is 0 Å². The Morgan fingerprint density at radius 1 is 0.886 bits per heavy atom. The highest BCUT2D eigenvalue weighted by molar-refractivity contribution is 5.32. The van der Waals surface area contributed by atoms with Crippen LogP contribution in [0.1, 0.15) is 101 Å². The highest BCUT2D eigenvalue weighted by atomic mass is 16.5. The average Bonchev–Trinajstić information content (AvgIpc) is 3.48. The Labute approximate surface area is 214 Å². The van der Waals surface area contributed by atoms with Gasteiger partial charge in [-0.1, -0.05) is 49.6 Å². The topological polar surface area (TPSA) is 32.7 Å². The molecule has 194 valence electrons. The largest absolute Gasteiger partial charge is 0.389 e. The second kappa shape index (κ2) is 9.44. The fourth-order valence-electron chi connectivity index (χ4n) is 10.1. The van der Waals surface area contributed by atoms with Crippen molar-refractivity contribution in [1.29, 1.82) is 0 Å². The van der Waals surface area contributed by atoms with Crippen LogP contribution in [0.5, 0.6) is 0 Å². The quantitative estimate of drug-likeness (QED) is 0.460. The number of aliphatic hydroxyl groups is 1. The van der Waals surface area contributed by atoms with Crippen LogP contribution in [-0.4, -0.2) is 48.5 Å². The van der Waals surface area contributed by atoms with E-state index in [1.807, 2.05) is 0 Å². The summed E-state index contributed by atoms with van der Waals surface area (Å²) in [5.74, 6) is 2.45. The summed E-state index contributed by atoms with van der Waals surface area (Å²) in [5, 5.41) is 12.9. The van der Waals surface area contributed by atoms with E-state index in [0.29, 0.717) is 23.2 Å². The van der Waals surface area contributed by atoms with E-state index in [0.717, 1.165) is 44.9 Å².